The van der Waals surface area contributed by atoms with E-state index >= 15 is 0 Å². The molecule has 6 N–H and O–H groups in total. The van der Waals surface area contributed by atoms with Crippen LogP contribution in [0.25, 0.3) is 10.9 Å². The van der Waals surface area contributed by atoms with E-state index in [1.54, 1.807) is 43.3 Å². The Kier molecular flexibility index (Phi) is 11.3. The number of benzene rings is 2. The summed E-state index contributed by atoms with van der Waals surface area (Å²) in [5.41, 5.74) is 7.12. The smallest absolute Gasteiger partial charge is 0.408 e. The number of fused-ring (bicyclic) bond motifs is 3. The Bertz CT molecular complexity index is 1580. The Morgan fingerprint density at radius 2 is 1.78 bits per heavy atom. The maximum Gasteiger partial charge on any atom is 0.408 e. The minimum absolute atomic E-state index is 0.0118. The first-order valence-electron chi connectivity index (χ1n) is 14.9. The van der Waals surface area contributed by atoms with Crippen LogP contribution in [0.1, 0.15) is 56.9 Å². The summed E-state index contributed by atoms with van der Waals surface area (Å²) < 4.78 is 5.39. The molecule has 10 nitrogen and oxygen atoms in total. The molecular weight excluding hydrogens is 641 g/mol. The van der Waals surface area contributed by atoms with Gasteiger partial charge in [0, 0.05) is 40.5 Å². The standard InChI is InChI=1S/C32H38Cl3N5O5/c1-4-18(3)27(39-31(44)45-16-19-5-7-20(33)8-6-19)29(42)40-32(30(43)37-15-17(2)11-26(36)41)10-9-25-23(14-32)22-12-21(34)13-24(35)28(22)38-25/h5-8,12-13,17-18,27,38H,4,9-11,14-16H2,1-3H3,(H2,36,41)(H,37,43)(H,39,44)(H,40,42). The number of ether oxygens (including phenoxy) is 1. The summed E-state index contributed by atoms with van der Waals surface area (Å²) >= 11 is 18.8. The van der Waals surface area contributed by atoms with Crippen LogP contribution in [0.4, 0.5) is 4.79 Å². The number of aryl methyl sites for hydroxylation is 1. The van der Waals surface area contributed by atoms with Crippen LogP contribution in [0.15, 0.2) is 36.4 Å². The SMILES string of the molecule is CCC(C)C(NC(=O)OCc1ccc(Cl)cc1)C(=O)NC1(C(=O)NCC(C)CC(N)=O)CCc2[nH]c3c(Cl)cc(Cl)cc3c2C1. The normalized spacial score (nSPS) is 17.9. The highest BCUT2D eigenvalue weighted by molar-refractivity contribution is 6.38. The molecule has 1 aliphatic carbocycles. The number of hydrogen-bond donors (Lipinski definition) is 5. The Balaban J connectivity index is 1.59. The van der Waals surface area contributed by atoms with Gasteiger partial charge in [-0.3, -0.25) is 14.4 Å². The summed E-state index contributed by atoms with van der Waals surface area (Å²) in [6.07, 6.45) is 0.761. The number of amides is 4. The maximum absolute atomic E-state index is 14.0. The molecule has 242 valence electrons. The predicted octanol–water partition coefficient (Wildman–Crippen LogP) is 5.44. The molecule has 1 heterocycles. The van der Waals surface area contributed by atoms with Crippen LogP contribution >= 0.6 is 34.8 Å². The summed E-state index contributed by atoms with van der Waals surface area (Å²) in [4.78, 5) is 55.6. The highest BCUT2D eigenvalue weighted by Crippen LogP contribution is 2.38. The molecule has 0 saturated heterocycles. The minimum Gasteiger partial charge on any atom is -0.445 e. The van der Waals surface area contributed by atoms with Crippen molar-refractivity contribution in [3.8, 4) is 0 Å². The molecule has 0 radical (unpaired) electrons. The lowest BCUT2D eigenvalue weighted by molar-refractivity contribution is -0.135. The zero-order valence-corrected chi connectivity index (χ0v) is 27.7. The number of alkyl carbamates (subject to hydrolysis) is 1. The van der Waals surface area contributed by atoms with Crippen molar-refractivity contribution in [2.24, 2.45) is 17.6 Å². The second-order valence-corrected chi connectivity index (χ2v) is 13.1. The topological polar surface area (TPSA) is 155 Å². The van der Waals surface area contributed by atoms with Gasteiger partial charge in [-0.25, -0.2) is 4.79 Å². The van der Waals surface area contributed by atoms with Crippen LogP contribution in [0.2, 0.25) is 15.1 Å². The van der Waals surface area contributed by atoms with Crippen molar-refractivity contribution in [1.29, 1.82) is 0 Å². The van der Waals surface area contributed by atoms with Gasteiger partial charge in [-0.2, -0.15) is 0 Å². The van der Waals surface area contributed by atoms with E-state index in [9.17, 15) is 19.2 Å². The van der Waals surface area contributed by atoms with Gasteiger partial charge in [0.1, 0.15) is 18.2 Å². The molecule has 13 heteroatoms. The molecule has 1 aromatic heterocycles. The number of nitrogens with one attached hydrogen (secondary N) is 4. The number of carbonyl (C=O) groups excluding carboxylic acids is 4. The van der Waals surface area contributed by atoms with Gasteiger partial charge >= 0.3 is 6.09 Å². The van der Waals surface area contributed by atoms with E-state index in [2.05, 4.69) is 20.9 Å². The molecule has 4 atom stereocenters. The summed E-state index contributed by atoms with van der Waals surface area (Å²) in [6, 6.07) is 9.30. The van der Waals surface area contributed by atoms with E-state index in [4.69, 9.17) is 45.3 Å². The van der Waals surface area contributed by atoms with Crippen molar-refractivity contribution in [2.45, 2.75) is 71.1 Å². The molecule has 0 bridgehead atoms. The number of halogens is 3. The molecule has 2 aromatic carbocycles. The van der Waals surface area contributed by atoms with Crippen LogP contribution in [-0.4, -0.2) is 46.9 Å². The molecule has 0 aliphatic heterocycles. The van der Waals surface area contributed by atoms with E-state index in [0.29, 0.717) is 33.4 Å². The van der Waals surface area contributed by atoms with Crippen LogP contribution < -0.4 is 21.7 Å². The van der Waals surface area contributed by atoms with Gasteiger partial charge in [0.2, 0.25) is 17.7 Å². The summed E-state index contributed by atoms with van der Waals surface area (Å²) in [6.45, 7) is 5.71. The summed E-state index contributed by atoms with van der Waals surface area (Å²) in [7, 11) is 0. The molecular formula is C32H38Cl3N5O5. The molecule has 3 aromatic rings. The number of aromatic amines is 1. The second-order valence-electron chi connectivity index (χ2n) is 11.8. The fourth-order valence-electron chi connectivity index (χ4n) is 5.59. The first kappa shape index (κ1) is 34.4. The van der Waals surface area contributed by atoms with Gasteiger partial charge in [0.25, 0.3) is 0 Å². The zero-order valence-electron chi connectivity index (χ0n) is 25.4. The van der Waals surface area contributed by atoms with Crippen molar-refractivity contribution in [3.63, 3.8) is 0 Å². The molecule has 0 saturated carbocycles. The highest BCUT2D eigenvalue weighted by atomic mass is 35.5. The lowest BCUT2D eigenvalue weighted by Gasteiger charge is -2.38. The Morgan fingerprint density at radius 3 is 2.44 bits per heavy atom. The Morgan fingerprint density at radius 1 is 1.07 bits per heavy atom. The quantitative estimate of drug-likeness (QED) is 0.173. The zero-order chi connectivity index (χ0) is 32.9. The fraction of sp³-hybridized carbons (Fsp3) is 0.438. The molecule has 0 spiro atoms. The number of primary amides is 1. The molecule has 4 rings (SSSR count). The number of H-pyrrole nitrogens is 1. The monoisotopic (exact) mass is 677 g/mol. The molecule has 1 aliphatic rings. The first-order valence-corrected chi connectivity index (χ1v) is 16.0. The average Bonchev–Trinajstić information content (AvgIpc) is 3.35. The van der Waals surface area contributed by atoms with Gasteiger partial charge in [0.15, 0.2) is 0 Å². The highest BCUT2D eigenvalue weighted by Gasteiger charge is 2.45. The van der Waals surface area contributed by atoms with Gasteiger partial charge in [0.05, 0.1) is 10.5 Å². The molecule has 0 fully saturated rings. The van der Waals surface area contributed by atoms with Crippen molar-refractivity contribution < 1.29 is 23.9 Å². The third-order valence-electron chi connectivity index (χ3n) is 8.31. The van der Waals surface area contributed by atoms with Crippen molar-refractivity contribution in [2.75, 3.05) is 6.54 Å². The number of aromatic nitrogens is 1. The van der Waals surface area contributed by atoms with Crippen molar-refractivity contribution in [1.82, 2.24) is 20.9 Å². The lowest BCUT2D eigenvalue weighted by Crippen LogP contribution is -2.65. The number of nitrogens with two attached hydrogens (primary N) is 1. The van der Waals surface area contributed by atoms with Gasteiger partial charge < -0.3 is 31.4 Å². The van der Waals surface area contributed by atoms with Crippen molar-refractivity contribution in [3.05, 3.63) is 68.3 Å². The van der Waals surface area contributed by atoms with E-state index in [1.807, 2.05) is 13.8 Å². The van der Waals surface area contributed by atoms with E-state index in [-0.39, 0.29) is 44.2 Å². The molecule has 4 unspecified atom stereocenters. The van der Waals surface area contributed by atoms with Crippen LogP contribution in [-0.2, 0) is 38.6 Å². The predicted molar refractivity (Wildman–Crippen MR) is 175 cm³/mol. The molecule has 45 heavy (non-hydrogen) atoms. The number of hydrogen-bond acceptors (Lipinski definition) is 5. The third-order valence-corrected chi connectivity index (χ3v) is 9.08. The van der Waals surface area contributed by atoms with Crippen LogP contribution in [0, 0.1) is 11.8 Å². The van der Waals surface area contributed by atoms with Gasteiger partial charge in [-0.05, 0) is 60.1 Å². The Labute approximate surface area is 277 Å². The second kappa shape index (κ2) is 14.7. The largest absolute Gasteiger partial charge is 0.445 e. The van der Waals surface area contributed by atoms with Crippen molar-refractivity contribution >= 4 is 69.5 Å². The van der Waals surface area contributed by atoms with E-state index in [0.717, 1.165) is 22.2 Å². The van der Waals surface area contributed by atoms with E-state index in [1.165, 1.54) is 0 Å². The van der Waals surface area contributed by atoms with E-state index < -0.39 is 35.4 Å². The number of rotatable bonds is 12. The Hall–Kier alpha value is -3.47. The van der Waals surface area contributed by atoms with Gasteiger partial charge in [-0.1, -0.05) is 74.1 Å². The molecule has 4 amide bonds. The minimum atomic E-state index is -1.37. The summed E-state index contributed by atoms with van der Waals surface area (Å²) in [5.74, 6) is -1.90. The summed E-state index contributed by atoms with van der Waals surface area (Å²) in [5, 5.41) is 10.8. The van der Waals surface area contributed by atoms with Crippen LogP contribution in [0.5, 0.6) is 0 Å². The third kappa shape index (κ3) is 8.42. The maximum atomic E-state index is 14.0. The number of carbonyl (C=O) groups is 4. The van der Waals surface area contributed by atoms with Crippen LogP contribution in [0.3, 0.4) is 0 Å². The fourth-order valence-corrected chi connectivity index (χ4v) is 6.26. The average molecular weight is 679 g/mol. The first-order chi connectivity index (χ1) is 21.3. The van der Waals surface area contributed by atoms with Gasteiger partial charge in [-0.15, -0.1) is 0 Å². The lowest BCUT2D eigenvalue weighted by atomic mass is 9.78.